The number of benzene rings is 1. The Bertz CT molecular complexity index is 245. The number of alkyl halides is 1. The zero-order valence-corrected chi connectivity index (χ0v) is 8.05. The first kappa shape index (κ1) is 9.18. The van der Waals surface area contributed by atoms with Crippen LogP contribution >= 0.6 is 34.8 Å². The highest BCUT2D eigenvalue weighted by molar-refractivity contribution is 6.42. The lowest BCUT2D eigenvalue weighted by molar-refractivity contribution is 1.15. The summed E-state index contributed by atoms with van der Waals surface area (Å²) in [7, 11) is 0. The van der Waals surface area contributed by atoms with Gasteiger partial charge in [-0.3, -0.25) is 0 Å². The molecule has 0 atom stereocenters. The standard InChI is InChI=1S/C8H7Cl3/c9-4-3-6-1-2-7(10)8(11)5-6/h1-2,5H,3-4H2. The van der Waals surface area contributed by atoms with Crippen LogP contribution in [0.3, 0.4) is 0 Å². The molecule has 0 aromatic heterocycles. The maximum absolute atomic E-state index is 5.77. The fourth-order valence-electron chi connectivity index (χ4n) is 0.804. The zero-order valence-electron chi connectivity index (χ0n) is 5.78. The molecule has 0 radical (unpaired) electrons. The molecule has 1 rings (SSSR count). The molecule has 1 aromatic rings. The van der Waals surface area contributed by atoms with Gasteiger partial charge in [0.15, 0.2) is 0 Å². The number of rotatable bonds is 2. The normalized spacial score (nSPS) is 10.1. The van der Waals surface area contributed by atoms with Crippen molar-refractivity contribution in [2.24, 2.45) is 0 Å². The third kappa shape index (κ3) is 2.55. The molecule has 3 heteroatoms. The smallest absolute Gasteiger partial charge is 0.0595 e. The first-order chi connectivity index (χ1) is 5.24. The summed E-state index contributed by atoms with van der Waals surface area (Å²) in [5, 5.41) is 1.18. The Morgan fingerprint density at radius 1 is 1.09 bits per heavy atom. The molecule has 0 nitrogen and oxygen atoms in total. The maximum atomic E-state index is 5.77. The van der Waals surface area contributed by atoms with Gasteiger partial charge in [-0.2, -0.15) is 0 Å². The average molecular weight is 210 g/mol. The minimum Gasteiger partial charge on any atom is -0.126 e. The number of hydrogen-bond acceptors (Lipinski definition) is 0. The van der Waals surface area contributed by atoms with Crippen LogP contribution in [0, 0.1) is 0 Å². The first-order valence-corrected chi connectivity index (χ1v) is 4.53. The van der Waals surface area contributed by atoms with Crippen LogP contribution in [0.25, 0.3) is 0 Å². The van der Waals surface area contributed by atoms with Crippen molar-refractivity contribution in [3.8, 4) is 0 Å². The molecule has 0 saturated heterocycles. The summed E-state index contributed by atoms with van der Waals surface area (Å²) in [6, 6.07) is 5.55. The van der Waals surface area contributed by atoms with Crippen molar-refractivity contribution < 1.29 is 0 Å². The Kier molecular flexibility index (Phi) is 3.50. The molecule has 60 valence electrons. The lowest BCUT2D eigenvalue weighted by Crippen LogP contribution is -1.84. The van der Waals surface area contributed by atoms with E-state index in [9.17, 15) is 0 Å². The van der Waals surface area contributed by atoms with Crippen molar-refractivity contribution in [2.75, 3.05) is 5.88 Å². The fraction of sp³-hybridized carbons (Fsp3) is 0.250. The molecule has 0 saturated carbocycles. The van der Waals surface area contributed by atoms with Crippen molar-refractivity contribution >= 4 is 34.8 Å². The third-order valence-corrected chi connectivity index (χ3v) is 2.30. The second-order valence-corrected chi connectivity index (χ2v) is 3.38. The van der Waals surface area contributed by atoms with Crippen LogP contribution < -0.4 is 0 Å². The van der Waals surface area contributed by atoms with E-state index in [1.807, 2.05) is 12.1 Å². The van der Waals surface area contributed by atoms with Gasteiger partial charge in [-0.15, -0.1) is 11.6 Å². The van der Waals surface area contributed by atoms with Crippen LogP contribution in [0.4, 0.5) is 0 Å². The molecule has 0 aliphatic carbocycles. The van der Waals surface area contributed by atoms with Crippen LogP contribution in [0.2, 0.25) is 10.0 Å². The molecule has 0 fully saturated rings. The lowest BCUT2D eigenvalue weighted by Gasteiger charge is -1.99. The van der Waals surface area contributed by atoms with Crippen LogP contribution in [0.1, 0.15) is 5.56 Å². The van der Waals surface area contributed by atoms with Gasteiger partial charge < -0.3 is 0 Å². The SMILES string of the molecule is ClCCc1ccc(Cl)c(Cl)c1. The molecular weight excluding hydrogens is 202 g/mol. The molecular formula is C8H7Cl3. The monoisotopic (exact) mass is 208 g/mol. The minimum atomic E-state index is 0.588. The minimum absolute atomic E-state index is 0.588. The Hall–Kier alpha value is 0.0900. The summed E-state index contributed by atoms with van der Waals surface area (Å²) in [6.45, 7) is 0. The second kappa shape index (κ2) is 4.20. The third-order valence-electron chi connectivity index (χ3n) is 1.37. The van der Waals surface area contributed by atoms with E-state index >= 15 is 0 Å². The summed E-state index contributed by atoms with van der Waals surface area (Å²) >= 11 is 17.0. The summed E-state index contributed by atoms with van der Waals surface area (Å²) < 4.78 is 0. The zero-order chi connectivity index (χ0) is 8.27. The molecule has 11 heavy (non-hydrogen) atoms. The van der Waals surface area contributed by atoms with E-state index in [1.54, 1.807) is 6.07 Å². The number of hydrogen-bond donors (Lipinski definition) is 0. The summed E-state index contributed by atoms with van der Waals surface area (Å²) in [5.41, 5.74) is 1.12. The van der Waals surface area contributed by atoms with Gasteiger partial charge in [0.25, 0.3) is 0 Å². The summed E-state index contributed by atoms with van der Waals surface area (Å²) in [4.78, 5) is 0. The van der Waals surface area contributed by atoms with Crippen molar-refractivity contribution in [3.05, 3.63) is 33.8 Å². The summed E-state index contributed by atoms with van der Waals surface area (Å²) in [5.74, 6) is 0.609. The van der Waals surface area contributed by atoms with Crippen molar-refractivity contribution in [1.29, 1.82) is 0 Å². The molecule has 0 aliphatic heterocycles. The highest BCUT2D eigenvalue weighted by Crippen LogP contribution is 2.22. The molecule has 0 heterocycles. The highest BCUT2D eigenvalue weighted by atomic mass is 35.5. The largest absolute Gasteiger partial charge is 0.126 e. The molecule has 0 unspecified atom stereocenters. The van der Waals surface area contributed by atoms with Crippen molar-refractivity contribution in [3.63, 3.8) is 0 Å². The molecule has 0 amide bonds. The fourth-order valence-corrected chi connectivity index (χ4v) is 1.34. The van der Waals surface area contributed by atoms with E-state index < -0.39 is 0 Å². The van der Waals surface area contributed by atoms with Crippen LogP contribution in [-0.2, 0) is 6.42 Å². The Morgan fingerprint density at radius 2 is 1.82 bits per heavy atom. The molecule has 0 N–H and O–H groups in total. The van der Waals surface area contributed by atoms with Crippen LogP contribution in [0.5, 0.6) is 0 Å². The lowest BCUT2D eigenvalue weighted by atomic mass is 10.2. The van der Waals surface area contributed by atoms with Gasteiger partial charge in [-0.1, -0.05) is 29.3 Å². The van der Waals surface area contributed by atoms with E-state index in [-0.39, 0.29) is 0 Å². The van der Waals surface area contributed by atoms with Gasteiger partial charge in [0.05, 0.1) is 10.0 Å². The Labute approximate surface area is 81.1 Å². The van der Waals surface area contributed by atoms with Gasteiger partial charge in [-0.05, 0) is 24.1 Å². The molecule has 0 aliphatic rings. The van der Waals surface area contributed by atoms with E-state index in [0.717, 1.165) is 12.0 Å². The Morgan fingerprint density at radius 3 is 2.36 bits per heavy atom. The van der Waals surface area contributed by atoms with Gasteiger partial charge >= 0.3 is 0 Å². The van der Waals surface area contributed by atoms with Gasteiger partial charge in [0.2, 0.25) is 0 Å². The second-order valence-electron chi connectivity index (χ2n) is 2.19. The molecule has 0 spiro atoms. The predicted molar refractivity (Wildman–Crippen MR) is 50.9 cm³/mol. The maximum Gasteiger partial charge on any atom is 0.0595 e. The van der Waals surface area contributed by atoms with Crippen LogP contribution in [-0.4, -0.2) is 5.88 Å². The first-order valence-electron chi connectivity index (χ1n) is 3.24. The van der Waals surface area contributed by atoms with Crippen molar-refractivity contribution in [1.82, 2.24) is 0 Å². The number of aryl methyl sites for hydroxylation is 1. The Balaban J connectivity index is 2.86. The topological polar surface area (TPSA) is 0 Å². The van der Waals surface area contributed by atoms with Gasteiger partial charge in [0.1, 0.15) is 0 Å². The van der Waals surface area contributed by atoms with Gasteiger partial charge in [-0.25, -0.2) is 0 Å². The molecule has 1 aromatic carbocycles. The quantitative estimate of drug-likeness (QED) is 0.651. The van der Waals surface area contributed by atoms with Crippen molar-refractivity contribution in [2.45, 2.75) is 6.42 Å². The van der Waals surface area contributed by atoms with E-state index in [4.69, 9.17) is 34.8 Å². The number of halogens is 3. The average Bonchev–Trinajstić information content (AvgIpc) is 1.98. The van der Waals surface area contributed by atoms with Crippen LogP contribution in [0.15, 0.2) is 18.2 Å². The predicted octanol–water partition coefficient (Wildman–Crippen LogP) is 3.77. The van der Waals surface area contributed by atoms with E-state index in [0.29, 0.717) is 15.9 Å². The summed E-state index contributed by atoms with van der Waals surface area (Å²) in [6.07, 6.45) is 0.832. The molecule has 0 bridgehead atoms. The van der Waals surface area contributed by atoms with E-state index in [2.05, 4.69) is 0 Å². The highest BCUT2D eigenvalue weighted by Gasteiger charge is 1.97. The van der Waals surface area contributed by atoms with Gasteiger partial charge in [0, 0.05) is 5.88 Å². The van der Waals surface area contributed by atoms with E-state index in [1.165, 1.54) is 0 Å².